The van der Waals surface area contributed by atoms with Crippen molar-refractivity contribution in [3.63, 3.8) is 0 Å². The molecule has 1 atom stereocenters. The van der Waals surface area contributed by atoms with Crippen molar-refractivity contribution >= 4 is 21.6 Å². The molecule has 0 radical (unpaired) electrons. The lowest BCUT2D eigenvalue weighted by Crippen LogP contribution is -2.55. The van der Waals surface area contributed by atoms with Crippen molar-refractivity contribution in [3.05, 3.63) is 24.3 Å². The van der Waals surface area contributed by atoms with E-state index in [0.29, 0.717) is 5.69 Å². The summed E-state index contributed by atoms with van der Waals surface area (Å²) in [5, 5.41) is 2.66. The Morgan fingerprint density at radius 1 is 1.04 bits per heavy atom. The summed E-state index contributed by atoms with van der Waals surface area (Å²) >= 11 is 0. The molecule has 4 aliphatic rings. The number of amides is 1. The Morgan fingerprint density at radius 3 is 2.00 bits per heavy atom. The molecule has 0 spiro atoms. The van der Waals surface area contributed by atoms with Crippen LogP contribution in [0, 0.1) is 23.2 Å². The Balaban J connectivity index is 1.50. The third-order valence-electron chi connectivity index (χ3n) is 6.82. The second-order valence-electron chi connectivity index (χ2n) is 8.83. The van der Waals surface area contributed by atoms with Crippen LogP contribution < -0.4 is 10.0 Å². The van der Waals surface area contributed by atoms with E-state index in [-0.39, 0.29) is 22.3 Å². The van der Waals surface area contributed by atoms with E-state index in [9.17, 15) is 13.2 Å². The van der Waals surface area contributed by atoms with Crippen LogP contribution in [0.5, 0.6) is 0 Å². The SMILES string of the molecule is CC(=O)Nc1ccc(S(=O)(=O)NC(C)C23CC4CC(CC(C4)C2)C3)cc1. The van der Waals surface area contributed by atoms with E-state index in [0.717, 1.165) is 17.8 Å². The molecule has 6 heteroatoms. The number of hydrogen-bond acceptors (Lipinski definition) is 3. The normalized spacial score (nSPS) is 33.8. The van der Waals surface area contributed by atoms with Crippen molar-refractivity contribution in [2.75, 3.05) is 5.32 Å². The zero-order chi connectivity index (χ0) is 18.5. The molecule has 0 heterocycles. The quantitative estimate of drug-likeness (QED) is 0.825. The molecule has 4 fully saturated rings. The van der Waals surface area contributed by atoms with Crippen LogP contribution in [0.2, 0.25) is 0 Å². The fraction of sp³-hybridized carbons (Fsp3) is 0.650. The minimum Gasteiger partial charge on any atom is -0.326 e. The molecule has 4 saturated carbocycles. The van der Waals surface area contributed by atoms with E-state index in [1.54, 1.807) is 24.3 Å². The fourth-order valence-corrected chi connectivity index (χ4v) is 7.40. The second kappa shape index (κ2) is 6.34. The van der Waals surface area contributed by atoms with Gasteiger partial charge < -0.3 is 5.32 Å². The van der Waals surface area contributed by atoms with E-state index in [4.69, 9.17) is 0 Å². The van der Waals surface area contributed by atoms with E-state index in [1.165, 1.54) is 45.4 Å². The standard InChI is InChI=1S/C20H28N2O3S/c1-13(20-10-15-7-16(11-20)9-17(8-15)12-20)22-26(24,25)19-5-3-18(4-6-19)21-14(2)23/h3-6,13,15-17,22H,7-12H2,1-2H3,(H,21,23). The number of sulfonamides is 1. The van der Waals surface area contributed by atoms with Crippen LogP contribution in [0.15, 0.2) is 29.2 Å². The van der Waals surface area contributed by atoms with Gasteiger partial charge in [-0.25, -0.2) is 13.1 Å². The van der Waals surface area contributed by atoms with Crippen molar-refractivity contribution in [3.8, 4) is 0 Å². The lowest BCUT2D eigenvalue weighted by Gasteiger charge is -2.59. The van der Waals surface area contributed by atoms with Gasteiger partial charge in [0.2, 0.25) is 15.9 Å². The van der Waals surface area contributed by atoms with Gasteiger partial charge in [0.05, 0.1) is 4.90 Å². The molecular formula is C20H28N2O3S. The van der Waals surface area contributed by atoms with Crippen LogP contribution in [0.3, 0.4) is 0 Å². The van der Waals surface area contributed by atoms with E-state index in [2.05, 4.69) is 17.0 Å². The first-order valence-electron chi connectivity index (χ1n) is 9.66. The average molecular weight is 377 g/mol. The molecular weight excluding hydrogens is 348 g/mol. The summed E-state index contributed by atoms with van der Waals surface area (Å²) in [6, 6.07) is 6.33. The third kappa shape index (κ3) is 3.29. The molecule has 0 aliphatic heterocycles. The summed E-state index contributed by atoms with van der Waals surface area (Å²) in [5.41, 5.74) is 0.739. The molecule has 4 bridgehead atoms. The summed E-state index contributed by atoms with van der Waals surface area (Å²) in [5.74, 6) is 2.22. The number of anilines is 1. The van der Waals surface area contributed by atoms with Gasteiger partial charge in [0.1, 0.15) is 0 Å². The molecule has 1 unspecified atom stereocenters. The number of hydrogen-bond donors (Lipinski definition) is 2. The van der Waals surface area contributed by atoms with Gasteiger partial charge in [-0.05, 0) is 92.9 Å². The fourth-order valence-electron chi connectivity index (χ4n) is 6.05. The van der Waals surface area contributed by atoms with Crippen LogP contribution in [0.25, 0.3) is 0 Å². The first-order chi connectivity index (χ1) is 12.3. The van der Waals surface area contributed by atoms with Crippen LogP contribution in [-0.2, 0) is 14.8 Å². The molecule has 1 amide bonds. The molecule has 5 nitrogen and oxygen atoms in total. The maximum absolute atomic E-state index is 12.9. The number of carbonyl (C=O) groups is 1. The monoisotopic (exact) mass is 376 g/mol. The van der Waals surface area contributed by atoms with Gasteiger partial charge in [-0.15, -0.1) is 0 Å². The van der Waals surface area contributed by atoms with Crippen LogP contribution in [-0.4, -0.2) is 20.4 Å². The van der Waals surface area contributed by atoms with Crippen molar-refractivity contribution in [2.24, 2.45) is 23.2 Å². The zero-order valence-electron chi connectivity index (χ0n) is 15.5. The highest BCUT2D eigenvalue weighted by Crippen LogP contribution is 2.61. The predicted octanol–water partition coefficient (Wildman–Crippen LogP) is 3.53. The van der Waals surface area contributed by atoms with Gasteiger partial charge in [-0.3, -0.25) is 4.79 Å². The van der Waals surface area contributed by atoms with E-state index >= 15 is 0 Å². The Bertz CT molecular complexity index is 766. The summed E-state index contributed by atoms with van der Waals surface area (Å²) in [4.78, 5) is 11.4. The van der Waals surface area contributed by atoms with Crippen LogP contribution in [0.4, 0.5) is 5.69 Å². The van der Waals surface area contributed by atoms with Gasteiger partial charge >= 0.3 is 0 Å². The Labute approximate surface area is 156 Å². The predicted molar refractivity (Wildman–Crippen MR) is 101 cm³/mol. The molecule has 2 N–H and O–H groups in total. The summed E-state index contributed by atoms with van der Waals surface area (Å²) in [6.07, 6.45) is 7.56. The number of benzene rings is 1. The summed E-state index contributed by atoms with van der Waals surface area (Å²) < 4.78 is 28.7. The molecule has 5 rings (SSSR count). The molecule has 0 saturated heterocycles. The van der Waals surface area contributed by atoms with E-state index < -0.39 is 10.0 Å². The number of nitrogens with one attached hydrogen (secondary N) is 2. The van der Waals surface area contributed by atoms with Gasteiger partial charge in [-0.1, -0.05) is 0 Å². The largest absolute Gasteiger partial charge is 0.326 e. The highest BCUT2D eigenvalue weighted by Gasteiger charge is 2.53. The molecule has 142 valence electrons. The van der Waals surface area contributed by atoms with Gasteiger partial charge in [0.15, 0.2) is 0 Å². The van der Waals surface area contributed by atoms with E-state index in [1.807, 2.05) is 0 Å². The smallest absolute Gasteiger partial charge is 0.240 e. The molecule has 1 aromatic rings. The van der Waals surface area contributed by atoms with Crippen molar-refractivity contribution in [2.45, 2.75) is 63.3 Å². The van der Waals surface area contributed by atoms with Crippen LogP contribution in [0.1, 0.15) is 52.4 Å². The Morgan fingerprint density at radius 2 is 1.54 bits per heavy atom. The highest BCUT2D eigenvalue weighted by molar-refractivity contribution is 7.89. The molecule has 26 heavy (non-hydrogen) atoms. The lowest BCUT2D eigenvalue weighted by atomic mass is 9.48. The maximum Gasteiger partial charge on any atom is 0.240 e. The first-order valence-corrected chi connectivity index (χ1v) is 11.1. The minimum atomic E-state index is -3.56. The van der Waals surface area contributed by atoms with Crippen molar-refractivity contribution in [1.29, 1.82) is 0 Å². The topological polar surface area (TPSA) is 75.3 Å². The van der Waals surface area contributed by atoms with Crippen LogP contribution >= 0.6 is 0 Å². The second-order valence-corrected chi connectivity index (χ2v) is 10.5. The average Bonchev–Trinajstić information content (AvgIpc) is 2.53. The number of rotatable bonds is 5. The maximum atomic E-state index is 12.9. The summed E-state index contributed by atoms with van der Waals surface area (Å²) in [6.45, 7) is 3.48. The Hall–Kier alpha value is -1.40. The molecule has 4 aliphatic carbocycles. The van der Waals surface area contributed by atoms with Gasteiger partial charge in [0, 0.05) is 18.7 Å². The van der Waals surface area contributed by atoms with Gasteiger partial charge in [0.25, 0.3) is 0 Å². The molecule has 0 aromatic heterocycles. The number of carbonyl (C=O) groups excluding carboxylic acids is 1. The zero-order valence-corrected chi connectivity index (χ0v) is 16.3. The Kier molecular flexibility index (Phi) is 4.39. The first kappa shape index (κ1) is 18.0. The highest BCUT2D eigenvalue weighted by atomic mass is 32.2. The summed E-state index contributed by atoms with van der Waals surface area (Å²) in [7, 11) is -3.56. The molecule has 1 aromatic carbocycles. The minimum absolute atomic E-state index is 0.0454. The van der Waals surface area contributed by atoms with Crippen molar-refractivity contribution < 1.29 is 13.2 Å². The van der Waals surface area contributed by atoms with Crippen molar-refractivity contribution in [1.82, 2.24) is 4.72 Å². The third-order valence-corrected chi connectivity index (χ3v) is 8.38. The van der Waals surface area contributed by atoms with Gasteiger partial charge in [-0.2, -0.15) is 0 Å². The lowest BCUT2D eigenvalue weighted by molar-refractivity contribution is -0.114.